The van der Waals surface area contributed by atoms with Crippen LogP contribution in [0.15, 0.2) is 0 Å². The van der Waals surface area contributed by atoms with Gasteiger partial charge in [-0.3, -0.25) is 14.4 Å². The van der Waals surface area contributed by atoms with Crippen LogP contribution in [0.3, 0.4) is 0 Å². The lowest BCUT2D eigenvalue weighted by molar-refractivity contribution is -0.145. The van der Waals surface area contributed by atoms with Crippen LogP contribution in [0.2, 0.25) is 0 Å². The van der Waals surface area contributed by atoms with Crippen molar-refractivity contribution in [1.29, 1.82) is 0 Å². The Morgan fingerprint density at radius 1 is 1.09 bits per heavy atom. The first-order chi connectivity index (χ1) is 15.0. The molecule has 1 fully saturated rings. The average molecular weight is 456 g/mol. The number of carbonyl (C=O) groups is 4. The van der Waals surface area contributed by atoms with Gasteiger partial charge in [-0.15, -0.1) is 0 Å². The van der Waals surface area contributed by atoms with Crippen molar-refractivity contribution >= 4 is 23.7 Å². The Morgan fingerprint density at radius 2 is 1.75 bits per heavy atom. The Morgan fingerprint density at radius 3 is 2.28 bits per heavy atom. The van der Waals surface area contributed by atoms with Crippen molar-refractivity contribution in [2.75, 3.05) is 13.1 Å². The van der Waals surface area contributed by atoms with Crippen molar-refractivity contribution in [2.45, 2.75) is 90.4 Å². The van der Waals surface area contributed by atoms with Crippen molar-refractivity contribution in [3.8, 4) is 0 Å². The van der Waals surface area contributed by atoms with E-state index in [9.17, 15) is 24.3 Å². The van der Waals surface area contributed by atoms with E-state index >= 15 is 0 Å². The number of amides is 3. The number of nitrogens with zero attached hydrogens (tertiary/aromatic N) is 1. The monoisotopic (exact) mass is 455 g/mol. The lowest BCUT2D eigenvalue weighted by Crippen LogP contribution is -2.58. The molecule has 0 saturated carbocycles. The first kappa shape index (κ1) is 27.8. The van der Waals surface area contributed by atoms with E-state index < -0.39 is 42.0 Å². The fourth-order valence-electron chi connectivity index (χ4n) is 3.86. The molecule has 0 radical (unpaired) electrons. The summed E-state index contributed by atoms with van der Waals surface area (Å²) in [4.78, 5) is 51.6. The molecule has 0 aromatic rings. The number of nitrogens with two attached hydrogens (primary N) is 2. The number of hydrogen-bond donors (Lipinski definition) is 5. The van der Waals surface area contributed by atoms with Gasteiger partial charge in [-0.05, 0) is 50.5 Å². The number of carbonyl (C=O) groups excluding carboxylic acids is 3. The van der Waals surface area contributed by atoms with Crippen molar-refractivity contribution in [1.82, 2.24) is 15.5 Å². The zero-order chi connectivity index (χ0) is 24.4. The summed E-state index contributed by atoms with van der Waals surface area (Å²) in [7, 11) is 0. The van der Waals surface area contributed by atoms with Gasteiger partial charge in [0.15, 0.2) is 0 Å². The summed E-state index contributed by atoms with van der Waals surface area (Å²) in [5.74, 6) is -2.45. The summed E-state index contributed by atoms with van der Waals surface area (Å²) in [5, 5.41) is 14.7. The van der Waals surface area contributed by atoms with Gasteiger partial charge < -0.3 is 32.1 Å². The maximum atomic E-state index is 13.3. The molecule has 1 aliphatic heterocycles. The van der Waals surface area contributed by atoms with E-state index in [4.69, 9.17) is 11.5 Å². The first-order valence-electron chi connectivity index (χ1n) is 11.6. The van der Waals surface area contributed by atoms with E-state index in [1.807, 2.05) is 27.7 Å². The van der Waals surface area contributed by atoms with Crippen LogP contribution < -0.4 is 22.1 Å². The zero-order valence-electron chi connectivity index (χ0n) is 19.8. The van der Waals surface area contributed by atoms with Gasteiger partial charge in [0.05, 0.1) is 6.04 Å². The molecule has 1 rings (SSSR count). The fraction of sp³-hybridized carbons (Fsp3) is 0.818. The summed E-state index contributed by atoms with van der Waals surface area (Å²) in [5.41, 5.74) is 11.4. The van der Waals surface area contributed by atoms with E-state index in [-0.39, 0.29) is 17.7 Å². The van der Waals surface area contributed by atoms with Crippen molar-refractivity contribution in [2.24, 2.45) is 23.3 Å². The molecule has 10 nitrogen and oxygen atoms in total. The normalized spacial score (nSPS) is 19.0. The van der Waals surface area contributed by atoms with Crippen LogP contribution in [0.25, 0.3) is 0 Å². The molecular weight excluding hydrogens is 414 g/mol. The maximum Gasteiger partial charge on any atom is 0.326 e. The summed E-state index contributed by atoms with van der Waals surface area (Å²) in [6.45, 7) is 8.29. The Kier molecular flexibility index (Phi) is 11.6. The largest absolute Gasteiger partial charge is 0.480 e. The number of rotatable bonds is 13. The third-order valence-corrected chi connectivity index (χ3v) is 5.70. The molecule has 0 aliphatic carbocycles. The third kappa shape index (κ3) is 8.38. The first-order valence-corrected chi connectivity index (χ1v) is 11.6. The Bertz CT molecular complexity index is 655. The summed E-state index contributed by atoms with van der Waals surface area (Å²) >= 11 is 0. The van der Waals surface area contributed by atoms with Crippen molar-refractivity contribution in [3.05, 3.63) is 0 Å². The molecule has 1 saturated heterocycles. The topological polar surface area (TPSA) is 168 Å². The van der Waals surface area contributed by atoms with Gasteiger partial charge in [0.25, 0.3) is 0 Å². The number of likely N-dealkylation sites (tertiary alicyclic amines) is 1. The smallest absolute Gasteiger partial charge is 0.326 e. The highest BCUT2D eigenvalue weighted by Gasteiger charge is 2.40. The Hall–Kier alpha value is -2.20. The van der Waals surface area contributed by atoms with Gasteiger partial charge >= 0.3 is 5.97 Å². The van der Waals surface area contributed by atoms with E-state index in [1.165, 1.54) is 4.90 Å². The van der Waals surface area contributed by atoms with E-state index in [2.05, 4.69) is 10.6 Å². The molecular formula is C22H41N5O5. The van der Waals surface area contributed by atoms with Crippen LogP contribution in [0.4, 0.5) is 0 Å². The molecule has 184 valence electrons. The van der Waals surface area contributed by atoms with Gasteiger partial charge in [-0.2, -0.15) is 0 Å². The summed E-state index contributed by atoms with van der Waals surface area (Å²) in [6, 6.07) is -3.32. The SMILES string of the molecule is CC(C)CC(NC(=O)C1CCCN1C(=O)C(NC(=O)C(N)CCCCN)C(C)C)C(=O)O. The highest BCUT2D eigenvalue weighted by atomic mass is 16.4. The van der Waals surface area contributed by atoms with Crippen LogP contribution in [0.1, 0.15) is 66.2 Å². The minimum Gasteiger partial charge on any atom is -0.480 e. The second kappa shape index (κ2) is 13.4. The average Bonchev–Trinajstić information content (AvgIpc) is 3.20. The molecule has 0 aromatic heterocycles. The minimum atomic E-state index is -1.10. The fourth-order valence-corrected chi connectivity index (χ4v) is 3.86. The van der Waals surface area contributed by atoms with E-state index in [0.29, 0.717) is 38.8 Å². The third-order valence-electron chi connectivity index (χ3n) is 5.70. The number of aliphatic carboxylic acids is 1. The van der Waals surface area contributed by atoms with Gasteiger partial charge in [-0.25, -0.2) is 4.79 Å². The maximum absolute atomic E-state index is 13.3. The molecule has 3 amide bonds. The van der Waals surface area contributed by atoms with Gasteiger partial charge in [-0.1, -0.05) is 34.1 Å². The second-order valence-corrected chi connectivity index (χ2v) is 9.34. The highest BCUT2D eigenvalue weighted by molar-refractivity contribution is 5.94. The highest BCUT2D eigenvalue weighted by Crippen LogP contribution is 2.21. The zero-order valence-corrected chi connectivity index (χ0v) is 19.8. The molecule has 1 aliphatic rings. The minimum absolute atomic E-state index is 0.0901. The van der Waals surface area contributed by atoms with Crippen LogP contribution in [0, 0.1) is 11.8 Å². The molecule has 4 unspecified atom stereocenters. The van der Waals surface area contributed by atoms with Crippen LogP contribution in [-0.2, 0) is 19.2 Å². The molecule has 10 heteroatoms. The molecule has 32 heavy (non-hydrogen) atoms. The summed E-state index contributed by atoms with van der Waals surface area (Å²) < 4.78 is 0. The predicted octanol–water partition coefficient (Wildman–Crippen LogP) is 0.190. The molecule has 0 bridgehead atoms. The van der Waals surface area contributed by atoms with Crippen LogP contribution in [-0.4, -0.2) is 71.0 Å². The molecule has 0 spiro atoms. The number of carboxylic acids is 1. The van der Waals surface area contributed by atoms with Crippen LogP contribution >= 0.6 is 0 Å². The number of nitrogens with one attached hydrogen (secondary N) is 2. The van der Waals surface area contributed by atoms with Gasteiger partial charge in [0.1, 0.15) is 18.1 Å². The van der Waals surface area contributed by atoms with E-state index in [1.54, 1.807) is 0 Å². The lowest BCUT2D eigenvalue weighted by Gasteiger charge is -2.31. The predicted molar refractivity (Wildman–Crippen MR) is 121 cm³/mol. The number of carboxylic acid groups (broad SMARTS) is 1. The summed E-state index contributed by atoms with van der Waals surface area (Å²) in [6.07, 6.45) is 3.34. The number of hydrogen-bond acceptors (Lipinski definition) is 6. The Labute approximate surface area is 190 Å². The van der Waals surface area contributed by atoms with E-state index in [0.717, 1.165) is 12.8 Å². The van der Waals surface area contributed by atoms with Gasteiger partial charge in [0.2, 0.25) is 17.7 Å². The molecule has 7 N–H and O–H groups in total. The molecule has 0 aromatic carbocycles. The molecule has 4 atom stereocenters. The Balaban J connectivity index is 2.85. The van der Waals surface area contributed by atoms with Gasteiger partial charge in [0, 0.05) is 6.54 Å². The lowest BCUT2D eigenvalue weighted by atomic mass is 10.0. The van der Waals surface area contributed by atoms with Crippen LogP contribution in [0.5, 0.6) is 0 Å². The number of unbranched alkanes of at least 4 members (excludes halogenated alkanes) is 1. The quantitative estimate of drug-likeness (QED) is 0.247. The van der Waals surface area contributed by atoms with Crippen molar-refractivity contribution in [3.63, 3.8) is 0 Å². The molecule has 1 heterocycles. The standard InChI is InChI=1S/C22H41N5O5/c1-13(2)12-16(22(31)32)25-20(29)17-9-7-11-27(17)21(30)18(14(3)4)26-19(28)15(24)8-5-6-10-23/h13-18H,5-12,23-24H2,1-4H3,(H,25,29)(H,26,28)(H,31,32). The second-order valence-electron chi connectivity index (χ2n) is 9.34. The van der Waals surface area contributed by atoms with Crippen molar-refractivity contribution < 1.29 is 24.3 Å².